The molecule has 2 aromatic rings. The van der Waals surface area contributed by atoms with Crippen molar-refractivity contribution in [1.29, 1.82) is 1.28 Å². The van der Waals surface area contributed by atoms with Crippen LogP contribution in [0.25, 0.3) is 0 Å². The normalized spacial score (nSPS) is 25.8. The standard InChI is InChI=1S/C26H34O5P2/c1-26(2,29-18-10-4-3-5-11-18)23(31-33)14-13-19-21(30-32)16-22-24(19)20-12-6-8-17(9-7-15-27)25(20)28-22/h3-6,8,10-14,19,21-24,27H,7,9,15-16,32-33H2,1-2H3/b14-13+/t19-,21+,22-,23+,24-/m0/s1/i32T/t19-,21+,22-,23+,24-,32?. The summed E-state index contributed by atoms with van der Waals surface area (Å²) in [5.41, 5.74) is 1.73. The smallest absolute Gasteiger partial charge is 0.133 e. The monoisotopic (exact) mass is 490 g/mol. The molecule has 178 valence electrons. The van der Waals surface area contributed by atoms with Crippen LogP contribution in [-0.2, 0) is 15.5 Å². The van der Waals surface area contributed by atoms with Gasteiger partial charge in [0, 0.05) is 49.3 Å². The molecule has 1 aliphatic carbocycles. The van der Waals surface area contributed by atoms with E-state index in [2.05, 4.69) is 39.8 Å². The Balaban J connectivity index is 1.58. The lowest BCUT2D eigenvalue weighted by Crippen LogP contribution is -2.41. The lowest BCUT2D eigenvalue weighted by molar-refractivity contribution is 0.0203. The molecule has 4 rings (SSSR count). The Kier molecular flexibility index (Phi) is 7.65. The Bertz CT molecular complexity index is 971. The van der Waals surface area contributed by atoms with Crippen LogP contribution in [0.5, 0.6) is 11.5 Å². The molecule has 5 nitrogen and oxygen atoms in total. The second-order valence-corrected chi connectivity index (χ2v) is 9.78. The van der Waals surface area contributed by atoms with E-state index in [4.69, 9.17) is 19.8 Å². The molecule has 2 aliphatic rings. The Hall–Kier alpha value is -1.48. The van der Waals surface area contributed by atoms with Crippen LogP contribution in [0.15, 0.2) is 60.7 Å². The minimum absolute atomic E-state index is 0.0187. The van der Waals surface area contributed by atoms with Crippen molar-refractivity contribution < 1.29 is 23.6 Å². The van der Waals surface area contributed by atoms with Crippen molar-refractivity contribution in [3.05, 3.63) is 71.8 Å². The van der Waals surface area contributed by atoms with Gasteiger partial charge in [-0.05, 0) is 44.4 Å². The lowest BCUT2D eigenvalue weighted by atomic mass is 9.86. The van der Waals surface area contributed by atoms with E-state index in [0.29, 0.717) is 6.42 Å². The number of benzene rings is 2. The molecule has 7 atom stereocenters. The average molecular weight is 491 g/mol. The molecule has 2 unspecified atom stereocenters. The van der Waals surface area contributed by atoms with Crippen LogP contribution in [0.1, 0.15) is 43.7 Å². The van der Waals surface area contributed by atoms with Crippen LogP contribution >= 0.6 is 18.9 Å². The highest BCUT2D eigenvalue weighted by molar-refractivity contribution is 7.10. The molecule has 0 bridgehead atoms. The molecule has 0 spiro atoms. The van der Waals surface area contributed by atoms with Gasteiger partial charge < -0.3 is 23.6 Å². The number of hydrogen-bond acceptors (Lipinski definition) is 5. The molecule has 33 heavy (non-hydrogen) atoms. The number of fused-ring (bicyclic) bond motifs is 3. The summed E-state index contributed by atoms with van der Waals surface area (Å²) in [6.07, 6.45) is 6.10. The largest absolute Gasteiger partial charge is 0.489 e. The third-order valence-electron chi connectivity index (χ3n) is 6.68. The zero-order valence-corrected chi connectivity index (χ0v) is 21.3. The number of ether oxygens (including phenoxy) is 2. The summed E-state index contributed by atoms with van der Waals surface area (Å²) in [6.45, 7) is 4.19. The van der Waals surface area contributed by atoms with Gasteiger partial charge in [-0.15, -0.1) is 0 Å². The molecule has 0 amide bonds. The molecule has 7 heteroatoms. The van der Waals surface area contributed by atoms with Gasteiger partial charge in [-0.1, -0.05) is 48.6 Å². The molecule has 2 aromatic carbocycles. The highest BCUT2D eigenvalue weighted by Gasteiger charge is 2.50. The number of aliphatic hydroxyl groups is 1. The van der Waals surface area contributed by atoms with Crippen LogP contribution < -0.4 is 9.47 Å². The van der Waals surface area contributed by atoms with Crippen molar-refractivity contribution in [2.75, 3.05) is 6.61 Å². The van der Waals surface area contributed by atoms with E-state index in [9.17, 15) is 5.11 Å². The van der Waals surface area contributed by atoms with Crippen LogP contribution in [-0.4, -0.2) is 36.9 Å². The summed E-state index contributed by atoms with van der Waals surface area (Å²) in [5.74, 6) is 1.97. The van der Waals surface area contributed by atoms with Gasteiger partial charge in [0.05, 0.1) is 7.38 Å². The first-order valence-corrected chi connectivity index (χ1v) is 12.4. The van der Waals surface area contributed by atoms with Crippen molar-refractivity contribution in [3.63, 3.8) is 0 Å². The molecule has 1 heterocycles. The van der Waals surface area contributed by atoms with Crippen LogP contribution in [0.2, 0.25) is 0 Å². The SMILES string of the molecule is [3H]PO[C@@H]1C[C@@H]2Oc3c(CCCO)cccc3[C@@H]2[C@H]1/C=C/[C@@H](OP)C(C)(C)Oc1ccccc1. The molecule has 0 aromatic heterocycles. The number of hydrogen-bond donors (Lipinski definition) is 1. The molecule has 1 saturated carbocycles. The molecule has 1 fully saturated rings. The van der Waals surface area contributed by atoms with Gasteiger partial charge in [-0.3, -0.25) is 0 Å². The fourth-order valence-corrected chi connectivity index (χ4v) is 5.73. The molecule has 1 aliphatic heterocycles. The Morgan fingerprint density at radius 2 is 2.06 bits per heavy atom. The molecular weight excluding hydrogens is 454 g/mol. The Morgan fingerprint density at radius 3 is 2.79 bits per heavy atom. The summed E-state index contributed by atoms with van der Waals surface area (Å²) >= 11 is 0. The third kappa shape index (κ3) is 5.29. The predicted molar refractivity (Wildman–Crippen MR) is 137 cm³/mol. The maximum Gasteiger partial charge on any atom is 0.133 e. The highest BCUT2D eigenvalue weighted by Crippen LogP contribution is 2.53. The molecular formula is C26H34O5P2. The number of para-hydroxylation sites is 2. The first kappa shape index (κ1) is 23.3. The fraction of sp³-hybridized carbons (Fsp3) is 0.462. The van der Waals surface area contributed by atoms with E-state index in [1.807, 2.05) is 44.2 Å². The van der Waals surface area contributed by atoms with E-state index in [1.165, 1.54) is 5.56 Å². The van der Waals surface area contributed by atoms with E-state index in [-0.39, 0.29) is 46.2 Å². The molecule has 0 radical (unpaired) electrons. The second-order valence-electron chi connectivity index (χ2n) is 9.27. The third-order valence-corrected chi connectivity index (χ3v) is 7.28. The van der Waals surface area contributed by atoms with Crippen molar-refractivity contribution in [2.45, 2.75) is 62.9 Å². The minimum Gasteiger partial charge on any atom is -0.489 e. The molecule has 1 N–H and O–H groups in total. The first-order chi connectivity index (χ1) is 16.5. The lowest BCUT2D eigenvalue weighted by Gasteiger charge is -2.32. The zero-order chi connectivity index (χ0) is 24.1. The minimum atomic E-state index is -0.604. The van der Waals surface area contributed by atoms with E-state index >= 15 is 0 Å². The quantitative estimate of drug-likeness (QED) is 0.345. The van der Waals surface area contributed by atoms with Crippen molar-refractivity contribution >= 4 is 18.9 Å². The van der Waals surface area contributed by atoms with Gasteiger partial charge in [0.2, 0.25) is 0 Å². The van der Waals surface area contributed by atoms with Crippen LogP contribution in [0, 0.1) is 5.92 Å². The number of aliphatic hydroxyl groups excluding tert-OH is 1. The van der Waals surface area contributed by atoms with Gasteiger partial charge in [-0.25, -0.2) is 0 Å². The van der Waals surface area contributed by atoms with Gasteiger partial charge in [0.15, 0.2) is 0 Å². The first-order valence-electron chi connectivity index (χ1n) is 12.0. The van der Waals surface area contributed by atoms with Gasteiger partial charge in [0.25, 0.3) is 0 Å². The van der Waals surface area contributed by atoms with Gasteiger partial charge in [0.1, 0.15) is 29.3 Å². The van der Waals surface area contributed by atoms with E-state index in [0.717, 1.165) is 29.9 Å². The Labute approximate surface area is 202 Å². The summed E-state index contributed by atoms with van der Waals surface area (Å²) in [6, 6.07) is 16.0. The number of rotatable bonds is 11. The average Bonchev–Trinajstić information content (AvgIpc) is 3.35. The maximum absolute atomic E-state index is 9.27. The van der Waals surface area contributed by atoms with Crippen molar-refractivity contribution in [1.82, 2.24) is 0 Å². The zero-order valence-electron chi connectivity index (χ0n) is 20.1. The number of aryl methyl sites for hydroxylation is 1. The van der Waals surface area contributed by atoms with E-state index < -0.39 is 5.60 Å². The summed E-state index contributed by atoms with van der Waals surface area (Å²) in [5, 5.41) is 9.27. The Morgan fingerprint density at radius 1 is 1.24 bits per heavy atom. The summed E-state index contributed by atoms with van der Waals surface area (Å²) < 4.78 is 32.0. The van der Waals surface area contributed by atoms with Crippen LogP contribution in [0.3, 0.4) is 0 Å². The van der Waals surface area contributed by atoms with Crippen molar-refractivity contribution in [2.24, 2.45) is 5.92 Å². The predicted octanol–water partition coefficient (Wildman–Crippen LogP) is 5.24. The van der Waals surface area contributed by atoms with Gasteiger partial charge in [-0.2, -0.15) is 0 Å². The summed E-state index contributed by atoms with van der Waals surface area (Å²) in [4.78, 5) is 0. The fourth-order valence-electron chi connectivity index (χ4n) is 5.06. The summed E-state index contributed by atoms with van der Waals surface area (Å²) in [7, 11) is 2.04. The van der Waals surface area contributed by atoms with E-state index in [1.54, 1.807) is 0 Å². The van der Waals surface area contributed by atoms with Crippen molar-refractivity contribution in [3.8, 4) is 11.5 Å². The van der Waals surface area contributed by atoms with Crippen LogP contribution in [0.4, 0.5) is 0 Å². The molecule has 0 saturated heterocycles. The maximum atomic E-state index is 9.27. The topological polar surface area (TPSA) is 57.2 Å². The van der Waals surface area contributed by atoms with Gasteiger partial charge >= 0.3 is 0 Å². The highest BCUT2D eigenvalue weighted by atomic mass is 31.0. The second kappa shape index (κ2) is 10.8.